The molecule has 0 radical (unpaired) electrons. The van der Waals surface area contributed by atoms with Gasteiger partial charge >= 0.3 is 0 Å². The summed E-state index contributed by atoms with van der Waals surface area (Å²) >= 11 is 4.24. The zero-order chi connectivity index (χ0) is 23.4. The van der Waals surface area contributed by atoms with Crippen LogP contribution in [-0.2, 0) is 19.6 Å². The lowest BCUT2D eigenvalue weighted by molar-refractivity contribution is -0.121. The highest BCUT2D eigenvalue weighted by Gasteiger charge is 2.41. The molecule has 0 aliphatic carbocycles. The number of carbonyl (C=O) groups excluding carboxylic acids is 2. The number of nitrogens with one attached hydrogen (secondary N) is 1. The van der Waals surface area contributed by atoms with Gasteiger partial charge in [-0.15, -0.1) is 4.40 Å². The molecule has 4 rings (SSSR count). The molecule has 0 aromatic heterocycles. The largest absolute Gasteiger partial charge is 0.326 e. The van der Waals surface area contributed by atoms with Crippen molar-refractivity contribution in [1.82, 2.24) is 0 Å². The molecule has 2 amide bonds. The Morgan fingerprint density at radius 1 is 0.970 bits per heavy atom. The highest BCUT2D eigenvalue weighted by atomic mass is 79.9. The predicted octanol–water partition coefficient (Wildman–Crippen LogP) is 4.67. The molecule has 1 fully saturated rings. The number of amidine groups is 1. The first-order valence-corrected chi connectivity index (χ1v) is 13.0. The topological polar surface area (TPSA) is 95.9 Å². The number of amides is 2. The van der Waals surface area contributed by atoms with E-state index in [0.29, 0.717) is 11.4 Å². The SMILES string of the molecule is O=C(C[C@@H]1SC(=NS(=O)(=O)c2ccc(Br)cc2)N(c2ccccc2)C1=O)Nc1ccccc1. The van der Waals surface area contributed by atoms with E-state index in [9.17, 15) is 18.0 Å². The Labute approximate surface area is 204 Å². The summed E-state index contributed by atoms with van der Waals surface area (Å²) in [5.74, 6) is -0.753. The maximum Gasteiger partial charge on any atom is 0.284 e. The molecule has 0 spiro atoms. The molecule has 0 unspecified atom stereocenters. The lowest BCUT2D eigenvalue weighted by Gasteiger charge is -2.16. The van der Waals surface area contributed by atoms with Gasteiger partial charge in [0.1, 0.15) is 5.25 Å². The van der Waals surface area contributed by atoms with E-state index in [4.69, 9.17) is 0 Å². The highest BCUT2D eigenvalue weighted by Crippen LogP contribution is 2.35. The maximum atomic E-state index is 13.2. The van der Waals surface area contributed by atoms with E-state index in [1.807, 2.05) is 6.07 Å². The van der Waals surface area contributed by atoms with Crippen LogP contribution < -0.4 is 10.2 Å². The van der Waals surface area contributed by atoms with Gasteiger partial charge in [-0.1, -0.05) is 64.1 Å². The van der Waals surface area contributed by atoms with E-state index < -0.39 is 21.2 Å². The Morgan fingerprint density at radius 2 is 1.58 bits per heavy atom. The van der Waals surface area contributed by atoms with Crippen molar-refractivity contribution in [1.29, 1.82) is 0 Å². The van der Waals surface area contributed by atoms with Gasteiger partial charge in [0, 0.05) is 16.6 Å². The second-order valence-corrected chi connectivity index (χ2v) is 10.7. The molecule has 1 saturated heterocycles. The molecule has 3 aromatic rings. The first kappa shape index (κ1) is 23.2. The van der Waals surface area contributed by atoms with Gasteiger partial charge in [0.15, 0.2) is 5.17 Å². The van der Waals surface area contributed by atoms with Crippen molar-refractivity contribution in [2.75, 3.05) is 10.2 Å². The van der Waals surface area contributed by atoms with Gasteiger partial charge in [-0.25, -0.2) is 0 Å². The van der Waals surface area contributed by atoms with Crippen LogP contribution in [0.3, 0.4) is 0 Å². The molecule has 3 aromatic carbocycles. The first-order valence-electron chi connectivity index (χ1n) is 9.84. The highest BCUT2D eigenvalue weighted by molar-refractivity contribution is 9.10. The van der Waals surface area contributed by atoms with Crippen LogP contribution in [0.2, 0.25) is 0 Å². The summed E-state index contributed by atoms with van der Waals surface area (Å²) in [7, 11) is -4.07. The Hall–Kier alpha value is -2.95. The minimum Gasteiger partial charge on any atom is -0.326 e. The van der Waals surface area contributed by atoms with Crippen LogP contribution in [0.4, 0.5) is 11.4 Å². The molecule has 0 saturated carbocycles. The normalized spacial score (nSPS) is 17.4. The lowest BCUT2D eigenvalue weighted by atomic mass is 10.2. The van der Waals surface area contributed by atoms with Crippen molar-refractivity contribution in [3.63, 3.8) is 0 Å². The zero-order valence-electron chi connectivity index (χ0n) is 17.1. The van der Waals surface area contributed by atoms with E-state index in [0.717, 1.165) is 16.2 Å². The average molecular weight is 544 g/mol. The van der Waals surface area contributed by atoms with Crippen LogP contribution in [0, 0.1) is 0 Å². The molecule has 0 bridgehead atoms. The monoisotopic (exact) mass is 543 g/mol. The fraction of sp³-hybridized carbons (Fsp3) is 0.0870. The third-order valence-corrected chi connectivity index (χ3v) is 7.75. The quantitative estimate of drug-likeness (QED) is 0.487. The summed E-state index contributed by atoms with van der Waals surface area (Å²) in [6.07, 6.45) is -0.126. The van der Waals surface area contributed by atoms with E-state index in [2.05, 4.69) is 25.6 Å². The average Bonchev–Trinajstić information content (AvgIpc) is 3.09. The lowest BCUT2D eigenvalue weighted by Crippen LogP contribution is -2.33. The number of benzene rings is 3. The third kappa shape index (κ3) is 5.52. The molecule has 7 nitrogen and oxygen atoms in total. The number of nitrogens with zero attached hydrogens (tertiary/aromatic N) is 2. The van der Waals surface area contributed by atoms with Crippen LogP contribution in [0.1, 0.15) is 6.42 Å². The Balaban J connectivity index is 1.63. The zero-order valence-corrected chi connectivity index (χ0v) is 20.3. The number of halogens is 1. The van der Waals surface area contributed by atoms with Crippen molar-refractivity contribution in [2.45, 2.75) is 16.6 Å². The first-order chi connectivity index (χ1) is 15.8. The number of sulfonamides is 1. The van der Waals surface area contributed by atoms with Gasteiger partial charge in [0.25, 0.3) is 10.0 Å². The summed E-state index contributed by atoms with van der Waals surface area (Å²) in [6.45, 7) is 0. The van der Waals surface area contributed by atoms with Gasteiger partial charge in [0.05, 0.1) is 10.6 Å². The second kappa shape index (κ2) is 9.90. The minimum atomic E-state index is -4.07. The number of thioether (sulfide) groups is 1. The molecule has 1 N–H and O–H groups in total. The number of rotatable bonds is 6. The van der Waals surface area contributed by atoms with Crippen LogP contribution in [0.25, 0.3) is 0 Å². The molecular formula is C23H18BrN3O4S2. The van der Waals surface area contributed by atoms with Gasteiger partial charge in [-0.3, -0.25) is 14.5 Å². The van der Waals surface area contributed by atoms with Crippen molar-refractivity contribution < 1.29 is 18.0 Å². The number of hydrogen-bond acceptors (Lipinski definition) is 5. The predicted molar refractivity (Wildman–Crippen MR) is 134 cm³/mol. The fourth-order valence-electron chi connectivity index (χ4n) is 3.14. The molecule has 1 atom stereocenters. The Morgan fingerprint density at radius 3 is 2.21 bits per heavy atom. The Kier molecular flexibility index (Phi) is 6.96. The molecule has 10 heteroatoms. The molecule has 1 heterocycles. The smallest absolute Gasteiger partial charge is 0.284 e. The summed E-state index contributed by atoms with van der Waals surface area (Å²) < 4.78 is 30.5. The summed E-state index contributed by atoms with van der Waals surface area (Å²) in [4.78, 5) is 27.0. The number of anilines is 2. The van der Waals surface area contributed by atoms with Gasteiger partial charge < -0.3 is 5.32 Å². The number of hydrogen-bond donors (Lipinski definition) is 1. The van der Waals surface area contributed by atoms with E-state index in [1.54, 1.807) is 66.7 Å². The van der Waals surface area contributed by atoms with Crippen LogP contribution in [-0.4, -0.2) is 30.6 Å². The molecular weight excluding hydrogens is 526 g/mol. The molecule has 33 heavy (non-hydrogen) atoms. The number of carbonyl (C=O) groups is 2. The molecule has 1 aliphatic rings. The molecule has 1 aliphatic heterocycles. The minimum absolute atomic E-state index is 0.00420. The van der Waals surface area contributed by atoms with E-state index in [1.165, 1.54) is 17.0 Å². The third-order valence-electron chi connectivity index (χ3n) is 4.69. The van der Waals surface area contributed by atoms with Gasteiger partial charge in [0.2, 0.25) is 11.8 Å². The Bertz CT molecular complexity index is 1300. The fourth-order valence-corrected chi connectivity index (χ4v) is 5.74. The maximum absolute atomic E-state index is 13.2. The second-order valence-electron chi connectivity index (χ2n) is 7.04. The van der Waals surface area contributed by atoms with E-state index >= 15 is 0 Å². The van der Waals surface area contributed by atoms with Crippen LogP contribution in [0.5, 0.6) is 0 Å². The summed E-state index contributed by atoms with van der Waals surface area (Å²) in [5, 5.41) is 1.95. The summed E-state index contributed by atoms with van der Waals surface area (Å²) in [6, 6.07) is 23.6. The van der Waals surface area contributed by atoms with Crippen LogP contribution >= 0.6 is 27.7 Å². The number of para-hydroxylation sites is 2. The standard InChI is InChI=1S/C23H18BrN3O4S2/c24-16-11-13-19(14-12-16)33(30,31)26-23-27(18-9-5-2-6-10-18)22(29)20(32-23)15-21(28)25-17-7-3-1-4-8-17/h1-14,20H,15H2,(H,25,28)/t20-/m0/s1. The molecule has 168 valence electrons. The van der Waals surface area contributed by atoms with Gasteiger partial charge in [-0.05, 0) is 48.5 Å². The van der Waals surface area contributed by atoms with Crippen molar-refractivity contribution >= 4 is 66.1 Å². The summed E-state index contributed by atoms with van der Waals surface area (Å²) in [5.41, 5.74) is 1.09. The van der Waals surface area contributed by atoms with Crippen molar-refractivity contribution in [3.8, 4) is 0 Å². The van der Waals surface area contributed by atoms with Gasteiger partial charge in [-0.2, -0.15) is 8.42 Å². The van der Waals surface area contributed by atoms with Crippen molar-refractivity contribution in [2.24, 2.45) is 4.40 Å². The van der Waals surface area contributed by atoms with E-state index in [-0.39, 0.29) is 22.4 Å². The van der Waals surface area contributed by atoms with Crippen LogP contribution in [0.15, 0.2) is 98.7 Å². The van der Waals surface area contributed by atoms with Crippen molar-refractivity contribution in [3.05, 3.63) is 89.4 Å².